The van der Waals surface area contributed by atoms with E-state index < -0.39 is 5.97 Å². The van der Waals surface area contributed by atoms with Crippen molar-refractivity contribution in [3.63, 3.8) is 0 Å². The number of ether oxygens (including phenoxy) is 2. The standard InChI is InChI=1S/C11H10O5/c1-14-9-7-4-3-6(10(12)13)5-8(7)16-11(9)15-2/h3-5H,1-2H3,(H,12,13). The van der Waals surface area contributed by atoms with Crippen LogP contribution in [-0.2, 0) is 0 Å². The molecule has 0 bridgehead atoms. The average molecular weight is 222 g/mol. The molecule has 0 saturated carbocycles. The molecule has 84 valence electrons. The molecule has 5 heteroatoms. The van der Waals surface area contributed by atoms with E-state index in [0.29, 0.717) is 16.7 Å². The topological polar surface area (TPSA) is 68.9 Å². The Morgan fingerprint density at radius 3 is 2.62 bits per heavy atom. The van der Waals surface area contributed by atoms with Crippen LogP contribution in [0.2, 0.25) is 0 Å². The van der Waals surface area contributed by atoms with E-state index in [0.717, 1.165) is 0 Å². The van der Waals surface area contributed by atoms with Crippen LogP contribution in [0.15, 0.2) is 22.6 Å². The number of benzene rings is 1. The van der Waals surface area contributed by atoms with Gasteiger partial charge in [0.25, 0.3) is 0 Å². The minimum atomic E-state index is -1.00. The van der Waals surface area contributed by atoms with E-state index in [-0.39, 0.29) is 11.5 Å². The van der Waals surface area contributed by atoms with Crippen molar-refractivity contribution in [1.29, 1.82) is 0 Å². The second-order valence-corrected chi connectivity index (χ2v) is 3.14. The lowest BCUT2D eigenvalue weighted by Crippen LogP contribution is -1.94. The molecule has 0 fully saturated rings. The molecule has 2 rings (SSSR count). The minimum absolute atomic E-state index is 0.159. The van der Waals surface area contributed by atoms with E-state index in [4.69, 9.17) is 19.0 Å². The van der Waals surface area contributed by atoms with Gasteiger partial charge in [-0.3, -0.25) is 0 Å². The fraction of sp³-hybridized carbons (Fsp3) is 0.182. The Hall–Kier alpha value is -2.17. The van der Waals surface area contributed by atoms with Gasteiger partial charge in [-0.25, -0.2) is 4.79 Å². The lowest BCUT2D eigenvalue weighted by Gasteiger charge is -1.98. The van der Waals surface area contributed by atoms with Crippen molar-refractivity contribution < 1.29 is 23.8 Å². The Balaban J connectivity index is 2.67. The van der Waals surface area contributed by atoms with Crippen molar-refractivity contribution in [2.24, 2.45) is 0 Å². The van der Waals surface area contributed by atoms with E-state index >= 15 is 0 Å². The van der Waals surface area contributed by atoms with Gasteiger partial charge in [0.15, 0.2) is 0 Å². The summed E-state index contributed by atoms with van der Waals surface area (Å²) in [6.07, 6.45) is 0. The molecule has 1 aromatic carbocycles. The first-order chi connectivity index (χ1) is 7.67. The van der Waals surface area contributed by atoms with Crippen molar-refractivity contribution in [3.8, 4) is 11.7 Å². The molecule has 0 unspecified atom stereocenters. The molecule has 0 aliphatic carbocycles. The summed E-state index contributed by atoms with van der Waals surface area (Å²) in [6.45, 7) is 0. The Bertz CT molecular complexity index is 541. The van der Waals surface area contributed by atoms with Crippen LogP contribution in [0, 0.1) is 0 Å². The first-order valence-corrected chi connectivity index (χ1v) is 4.55. The van der Waals surface area contributed by atoms with E-state index in [9.17, 15) is 4.79 Å². The molecular formula is C11H10O5. The lowest BCUT2D eigenvalue weighted by molar-refractivity contribution is 0.0697. The van der Waals surface area contributed by atoms with E-state index in [1.807, 2.05) is 0 Å². The number of carbonyl (C=O) groups is 1. The van der Waals surface area contributed by atoms with Crippen molar-refractivity contribution in [2.75, 3.05) is 14.2 Å². The summed E-state index contributed by atoms with van der Waals surface area (Å²) < 4.78 is 15.4. The van der Waals surface area contributed by atoms with E-state index in [1.165, 1.54) is 26.4 Å². The number of fused-ring (bicyclic) bond motifs is 1. The summed E-state index contributed by atoms with van der Waals surface area (Å²) in [7, 11) is 2.95. The zero-order valence-electron chi connectivity index (χ0n) is 8.81. The van der Waals surface area contributed by atoms with Gasteiger partial charge in [-0.05, 0) is 18.2 Å². The zero-order valence-corrected chi connectivity index (χ0v) is 8.81. The second kappa shape index (κ2) is 3.77. The first kappa shape index (κ1) is 10.4. The van der Waals surface area contributed by atoms with Crippen LogP contribution in [-0.4, -0.2) is 25.3 Å². The number of hydrogen-bond donors (Lipinski definition) is 1. The van der Waals surface area contributed by atoms with Gasteiger partial charge in [0.05, 0.1) is 25.2 Å². The fourth-order valence-corrected chi connectivity index (χ4v) is 1.51. The van der Waals surface area contributed by atoms with Crippen LogP contribution in [0.25, 0.3) is 11.0 Å². The molecule has 1 heterocycles. The number of carboxylic acid groups (broad SMARTS) is 1. The molecule has 0 spiro atoms. The molecule has 2 aromatic rings. The Labute approximate surface area is 91.2 Å². The molecule has 0 saturated heterocycles. The molecule has 0 aliphatic heterocycles. The van der Waals surface area contributed by atoms with Crippen molar-refractivity contribution in [2.45, 2.75) is 0 Å². The van der Waals surface area contributed by atoms with Gasteiger partial charge in [0, 0.05) is 0 Å². The predicted octanol–water partition coefficient (Wildman–Crippen LogP) is 2.15. The van der Waals surface area contributed by atoms with E-state index in [2.05, 4.69) is 0 Å². The molecular weight excluding hydrogens is 212 g/mol. The third-order valence-corrected chi connectivity index (χ3v) is 2.25. The Kier molecular flexibility index (Phi) is 2.44. The number of hydrogen-bond acceptors (Lipinski definition) is 4. The predicted molar refractivity (Wildman–Crippen MR) is 56.3 cm³/mol. The summed E-state index contributed by atoms with van der Waals surface area (Å²) in [5, 5.41) is 9.52. The highest BCUT2D eigenvalue weighted by Crippen LogP contribution is 2.38. The monoisotopic (exact) mass is 222 g/mol. The maximum atomic E-state index is 10.8. The smallest absolute Gasteiger partial charge is 0.335 e. The molecule has 0 atom stereocenters. The van der Waals surface area contributed by atoms with Gasteiger partial charge in [0.1, 0.15) is 5.58 Å². The second-order valence-electron chi connectivity index (χ2n) is 3.14. The number of furan rings is 1. The van der Waals surface area contributed by atoms with Gasteiger partial charge in [-0.2, -0.15) is 0 Å². The van der Waals surface area contributed by atoms with Crippen LogP contribution in [0.4, 0.5) is 0 Å². The van der Waals surface area contributed by atoms with Gasteiger partial charge >= 0.3 is 11.9 Å². The van der Waals surface area contributed by atoms with Gasteiger partial charge in [-0.1, -0.05) is 0 Å². The molecule has 0 aliphatic rings. The largest absolute Gasteiger partial charge is 0.489 e. The van der Waals surface area contributed by atoms with Crippen molar-refractivity contribution >= 4 is 16.9 Å². The van der Waals surface area contributed by atoms with Gasteiger partial charge in [0.2, 0.25) is 5.75 Å². The highest BCUT2D eigenvalue weighted by atomic mass is 16.6. The third kappa shape index (κ3) is 1.46. The summed E-state index contributed by atoms with van der Waals surface area (Å²) >= 11 is 0. The highest BCUT2D eigenvalue weighted by Gasteiger charge is 2.16. The summed E-state index contributed by atoms with van der Waals surface area (Å²) in [5.74, 6) is -0.300. The Morgan fingerprint density at radius 2 is 2.06 bits per heavy atom. The maximum absolute atomic E-state index is 10.8. The van der Waals surface area contributed by atoms with Crippen molar-refractivity contribution in [3.05, 3.63) is 23.8 Å². The van der Waals surface area contributed by atoms with Crippen LogP contribution in [0.3, 0.4) is 0 Å². The van der Waals surface area contributed by atoms with Gasteiger partial charge < -0.3 is 19.0 Å². The zero-order chi connectivity index (χ0) is 11.7. The van der Waals surface area contributed by atoms with Crippen LogP contribution in [0.1, 0.15) is 10.4 Å². The first-order valence-electron chi connectivity index (χ1n) is 4.55. The van der Waals surface area contributed by atoms with Crippen molar-refractivity contribution in [1.82, 2.24) is 0 Å². The summed E-state index contributed by atoms with van der Waals surface area (Å²) in [4.78, 5) is 10.8. The van der Waals surface area contributed by atoms with E-state index in [1.54, 1.807) is 6.07 Å². The number of rotatable bonds is 3. The van der Waals surface area contributed by atoms with Crippen LogP contribution >= 0.6 is 0 Å². The molecule has 1 aromatic heterocycles. The minimum Gasteiger partial charge on any atom is -0.489 e. The number of methoxy groups -OCH3 is 2. The quantitative estimate of drug-likeness (QED) is 0.861. The number of aromatic carboxylic acids is 1. The molecule has 0 amide bonds. The molecule has 1 N–H and O–H groups in total. The Morgan fingerprint density at radius 1 is 1.31 bits per heavy atom. The normalized spacial score (nSPS) is 10.4. The number of carboxylic acids is 1. The highest BCUT2D eigenvalue weighted by molar-refractivity contribution is 5.95. The fourth-order valence-electron chi connectivity index (χ4n) is 1.51. The lowest BCUT2D eigenvalue weighted by atomic mass is 10.1. The molecule has 0 radical (unpaired) electrons. The van der Waals surface area contributed by atoms with Crippen LogP contribution in [0.5, 0.6) is 11.7 Å². The maximum Gasteiger partial charge on any atom is 0.335 e. The average Bonchev–Trinajstić information content (AvgIpc) is 2.65. The SMILES string of the molecule is COc1oc2cc(C(=O)O)ccc2c1OC. The van der Waals surface area contributed by atoms with Crippen LogP contribution < -0.4 is 9.47 Å². The molecule has 5 nitrogen and oxygen atoms in total. The summed E-state index contributed by atoms with van der Waals surface area (Å²) in [6, 6.07) is 4.55. The molecule has 16 heavy (non-hydrogen) atoms. The third-order valence-electron chi connectivity index (χ3n) is 2.25. The van der Waals surface area contributed by atoms with Gasteiger partial charge in [-0.15, -0.1) is 0 Å². The summed E-state index contributed by atoms with van der Waals surface area (Å²) in [5.41, 5.74) is 0.583.